The molecule has 1 aromatic rings. The predicted molar refractivity (Wildman–Crippen MR) is 77.1 cm³/mol. The number of rotatable bonds is 4. The average molecular weight is 273 g/mol. The van der Waals surface area contributed by atoms with Crippen LogP contribution in [-0.2, 0) is 4.79 Å². The lowest BCUT2D eigenvalue weighted by Crippen LogP contribution is -2.44. The molecular weight excluding hydrogens is 254 g/mol. The number of nitrogens with one attached hydrogen (secondary N) is 1. The molecule has 1 aromatic carbocycles. The number of hydrogen-bond acceptors (Lipinski definition) is 4. The minimum atomic E-state index is -0.383. The van der Waals surface area contributed by atoms with Gasteiger partial charge >= 0.3 is 0 Å². The number of carbonyl (C=O) groups is 2. The van der Waals surface area contributed by atoms with Crippen LogP contribution in [0.1, 0.15) is 16.8 Å². The van der Waals surface area contributed by atoms with Gasteiger partial charge in [0, 0.05) is 32.7 Å². The molecule has 106 valence electrons. The van der Waals surface area contributed by atoms with Crippen molar-refractivity contribution in [3.8, 4) is 0 Å². The summed E-state index contributed by atoms with van der Waals surface area (Å²) in [5, 5.41) is 3.32. The zero-order valence-electron chi connectivity index (χ0n) is 11.5. The fraction of sp³-hybridized carbons (Fsp3) is 0.467. The number of anilines is 1. The number of piperazine rings is 1. The summed E-state index contributed by atoms with van der Waals surface area (Å²) >= 11 is 0. The van der Waals surface area contributed by atoms with Crippen LogP contribution in [0.3, 0.4) is 0 Å². The van der Waals surface area contributed by atoms with Gasteiger partial charge in [-0.2, -0.15) is 0 Å². The van der Waals surface area contributed by atoms with Gasteiger partial charge in [0.2, 0.25) is 0 Å². The van der Waals surface area contributed by atoms with Gasteiger partial charge in [-0.15, -0.1) is 0 Å². The Balaban J connectivity index is 1.60. The highest BCUT2D eigenvalue weighted by Gasteiger charge is 2.34. The molecule has 0 aliphatic carbocycles. The molecule has 20 heavy (non-hydrogen) atoms. The average Bonchev–Trinajstić information content (AvgIpc) is 2.74. The summed E-state index contributed by atoms with van der Waals surface area (Å²) in [5.74, 6) is -0.755. The number of carbonyl (C=O) groups excluding carboxylic acids is 2. The van der Waals surface area contributed by atoms with Crippen molar-refractivity contribution in [2.45, 2.75) is 6.42 Å². The quantitative estimate of drug-likeness (QED) is 0.812. The lowest BCUT2D eigenvalue weighted by atomic mass is 10.1. The zero-order chi connectivity index (χ0) is 13.9. The van der Waals surface area contributed by atoms with E-state index >= 15 is 0 Å². The van der Waals surface area contributed by atoms with E-state index in [1.54, 1.807) is 17.0 Å². The standard InChI is InChI=1S/C15H19N3O2/c19-14-12-4-1-2-5-13(12)18(15(14)20)9-3-8-17-10-6-16-7-11-17/h1-2,4-5,16H,3,6-11H2. The number of ketones is 1. The van der Waals surface area contributed by atoms with E-state index in [-0.39, 0.29) is 11.7 Å². The van der Waals surface area contributed by atoms with Crippen LogP contribution in [0, 0.1) is 0 Å². The number of Topliss-reactive ketones (excluding diaryl/α,β-unsaturated/α-hetero) is 1. The highest BCUT2D eigenvalue weighted by molar-refractivity contribution is 6.52. The van der Waals surface area contributed by atoms with Gasteiger partial charge in [0.15, 0.2) is 0 Å². The number of benzene rings is 1. The highest BCUT2D eigenvalue weighted by Crippen LogP contribution is 2.28. The van der Waals surface area contributed by atoms with E-state index in [1.165, 1.54) is 0 Å². The van der Waals surface area contributed by atoms with Gasteiger partial charge in [0.1, 0.15) is 0 Å². The van der Waals surface area contributed by atoms with Gasteiger partial charge in [-0.1, -0.05) is 12.1 Å². The third-order valence-corrected chi connectivity index (χ3v) is 3.94. The van der Waals surface area contributed by atoms with E-state index in [0.717, 1.165) is 44.8 Å². The van der Waals surface area contributed by atoms with E-state index < -0.39 is 0 Å². The summed E-state index contributed by atoms with van der Waals surface area (Å²) < 4.78 is 0. The molecule has 0 spiro atoms. The van der Waals surface area contributed by atoms with E-state index in [0.29, 0.717) is 12.1 Å². The summed E-state index contributed by atoms with van der Waals surface area (Å²) in [6.45, 7) is 5.77. The Morgan fingerprint density at radius 3 is 2.60 bits per heavy atom. The van der Waals surface area contributed by atoms with Crippen LogP contribution in [-0.4, -0.2) is 55.9 Å². The van der Waals surface area contributed by atoms with Gasteiger partial charge in [0.05, 0.1) is 11.3 Å². The van der Waals surface area contributed by atoms with Crippen molar-refractivity contribution in [1.82, 2.24) is 10.2 Å². The van der Waals surface area contributed by atoms with E-state index in [9.17, 15) is 9.59 Å². The molecule has 2 aliphatic rings. The van der Waals surface area contributed by atoms with E-state index in [1.807, 2.05) is 12.1 Å². The molecule has 0 atom stereocenters. The normalized spacial score (nSPS) is 19.5. The Morgan fingerprint density at radius 1 is 1.05 bits per heavy atom. The van der Waals surface area contributed by atoms with Crippen LogP contribution in [0.25, 0.3) is 0 Å². The van der Waals surface area contributed by atoms with Crippen molar-refractivity contribution in [2.75, 3.05) is 44.2 Å². The third kappa shape index (κ3) is 2.46. The Hall–Kier alpha value is -1.72. The van der Waals surface area contributed by atoms with Crippen molar-refractivity contribution in [1.29, 1.82) is 0 Å². The fourth-order valence-corrected chi connectivity index (χ4v) is 2.86. The maximum absolute atomic E-state index is 12.0. The molecule has 0 saturated carbocycles. The Bertz CT molecular complexity index is 524. The third-order valence-electron chi connectivity index (χ3n) is 3.94. The van der Waals surface area contributed by atoms with E-state index in [2.05, 4.69) is 10.2 Å². The van der Waals surface area contributed by atoms with Crippen LogP contribution >= 0.6 is 0 Å². The first-order chi connectivity index (χ1) is 9.77. The minimum Gasteiger partial charge on any atom is -0.314 e. The number of hydrogen-bond donors (Lipinski definition) is 1. The maximum Gasteiger partial charge on any atom is 0.299 e. The van der Waals surface area contributed by atoms with Crippen molar-refractivity contribution in [2.24, 2.45) is 0 Å². The molecule has 5 nitrogen and oxygen atoms in total. The Morgan fingerprint density at radius 2 is 1.80 bits per heavy atom. The van der Waals surface area contributed by atoms with Gasteiger partial charge < -0.3 is 15.1 Å². The lowest BCUT2D eigenvalue weighted by Gasteiger charge is -2.27. The minimum absolute atomic E-state index is 0.372. The van der Waals surface area contributed by atoms with Gasteiger partial charge in [-0.05, 0) is 25.1 Å². The largest absolute Gasteiger partial charge is 0.314 e. The Kier molecular flexibility index (Phi) is 3.80. The van der Waals surface area contributed by atoms with Crippen LogP contribution in [0.5, 0.6) is 0 Å². The summed E-state index contributed by atoms with van der Waals surface area (Å²) in [5.41, 5.74) is 1.31. The predicted octanol–water partition coefficient (Wildman–Crippen LogP) is 0.511. The molecule has 1 N–H and O–H groups in total. The van der Waals surface area contributed by atoms with Gasteiger partial charge in [-0.25, -0.2) is 0 Å². The molecule has 0 bridgehead atoms. The first-order valence-corrected chi connectivity index (χ1v) is 7.15. The molecule has 1 amide bonds. The highest BCUT2D eigenvalue weighted by atomic mass is 16.2. The SMILES string of the molecule is O=C1C(=O)N(CCCN2CCNCC2)c2ccccc21. The second kappa shape index (κ2) is 5.73. The molecule has 2 heterocycles. The van der Waals surface area contributed by atoms with Crippen LogP contribution in [0.15, 0.2) is 24.3 Å². The zero-order valence-corrected chi connectivity index (χ0v) is 11.5. The number of nitrogens with zero attached hydrogens (tertiary/aromatic N) is 2. The smallest absolute Gasteiger partial charge is 0.299 e. The number of para-hydroxylation sites is 1. The molecular formula is C15H19N3O2. The van der Waals surface area contributed by atoms with Gasteiger partial charge in [0.25, 0.3) is 11.7 Å². The van der Waals surface area contributed by atoms with Crippen LogP contribution in [0.4, 0.5) is 5.69 Å². The first-order valence-electron chi connectivity index (χ1n) is 7.15. The van der Waals surface area contributed by atoms with Gasteiger partial charge in [-0.3, -0.25) is 9.59 Å². The molecule has 5 heteroatoms. The second-order valence-corrected chi connectivity index (χ2v) is 5.25. The lowest BCUT2D eigenvalue weighted by molar-refractivity contribution is -0.114. The molecule has 0 unspecified atom stereocenters. The van der Waals surface area contributed by atoms with Crippen LogP contribution < -0.4 is 10.2 Å². The number of fused-ring (bicyclic) bond motifs is 1. The van der Waals surface area contributed by atoms with Crippen molar-refractivity contribution in [3.05, 3.63) is 29.8 Å². The Labute approximate surface area is 118 Å². The molecule has 1 saturated heterocycles. The summed E-state index contributed by atoms with van der Waals surface area (Å²) in [4.78, 5) is 27.9. The molecule has 1 fully saturated rings. The maximum atomic E-state index is 12.0. The fourth-order valence-electron chi connectivity index (χ4n) is 2.86. The summed E-state index contributed by atoms with van der Waals surface area (Å²) in [6, 6.07) is 7.25. The summed E-state index contributed by atoms with van der Waals surface area (Å²) in [6.07, 6.45) is 0.896. The second-order valence-electron chi connectivity index (χ2n) is 5.25. The molecule has 0 radical (unpaired) electrons. The molecule has 3 rings (SSSR count). The monoisotopic (exact) mass is 273 g/mol. The molecule has 0 aromatic heterocycles. The topological polar surface area (TPSA) is 52.7 Å². The van der Waals surface area contributed by atoms with Crippen molar-refractivity contribution < 1.29 is 9.59 Å². The summed E-state index contributed by atoms with van der Waals surface area (Å²) in [7, 11) is 0. The first kappa shape index (κ1) is 13.3. The number of amides is 1. The molecule has 2 aliphatic heterocycles. The van der Waals surface area contributed by atoms with E-state index in [4.69, 9.17) is 0 Å². The van der Waals surface area contributed by atoms with Crippen molar-refractivity contribution >= 4 is 17.4 Å². The van der Waals surface area contributed by atoms with Crippen LogP contribution in [0.2, 0.25) is 0 Å². The van der Waals surface area contributed by atoms with Crippen molar-refractivity contribution in [3.63, 3.8) is 0 Å².